The third-order valence-electron chi connectivity index (χ3n) is 9.14. The number of hydrogen-bond acceptors (Lipinski definition) is 5. The number of fused-ring (bicyclic) bond motifs is 5. The summed E-state index contributed by atoms with van der Waals surface area (Å²) in [5, 5.41) is 4.28. The van der Waals surface area contributed by atoms with Crippen molar-refractivity contribution >= 4 is 5.78 Å². The molecule has 2 aromatic carbocycles. The second kappa shape index (κ2) is 8.23. The summed E-state index contributed by atoms with van der Waals surface area (Å²) in [6.45, 7) is 3.65. The molecule has 5 atom stereocenters. The topological polar surface area (TPSA) is 44.8 Å². The highest BCUT2D eigenvalue weighted by Gasteiger charge is 2.54. The molecule has 0 aromatic heterocycles. The summed E-state index contributed by atoms with van der Waals surface area (Å²) in [6, 6.07) is 17.7. The molecule has 0 bridgehead atoms. The molecule has 2 saturated carbocycles. The molecular weight excluding hydrogens is 410 g/mol. The summed E-state index contributed by atoms with van der Waals surface area (Å²) in [4.78, 5) is 12.6. The molecule has 2 aromatic rings. The van der Waals surface area contributed by atoms with Gasteiger partial charge in [-0.15, -0.1) is 0 Å². The van der Waals surface area contributed by atoms with Gasteiger partial charge in [0, 0.05) is 25.4 Å². The average molecular weight is 446 g/mol. The molecule has 5 nitrogen and oxygen atoms in total. The number of Topliss-reactive ketones (excluding diaryl/α,β-unsaturated/α-hetero) is 1. The number of likely N-dealkylation sites (N-methyl/N-ethyl adjacent to an activating group) is 1. The van der Waals surface area contributed by atoms with Crippen LogP contribution in [-0.2, 0) is 11.2 Å². The van der Waals surface area contributed by atoms with Crippen molar-refractivity contribution in [1.82, 2.24) is 15.6 Å². The molecule has 174 valence electrons. The molecule has 33 heavy (non-hydrogen) atoms. The molecule has 0 radical (unpaired) electrons. The number of benzene rings is 2. The number of hydrogen-bond donors (Lipinski definition) is 1. The Morgan fingerprint density at radius 1 is 1.09 bits per heavy atom. The molecule has 1 aliphatic heterocycles. The molecule has 4 aliphatic rings. The zero-order chi connectivity index (χ0) is 22.6. The van der Waals surface area contributed by atoms with Gasteiger partial charge in [0.25, 0.3) is 0 Å². The van der Waals surface area contributed by atoms with Gasteiger partial charge in [0.15, 0.2) is 6.73 Å². The zero-order valence-electron chi connectivity index (χ0n) is 19.8. The van der Waals surface area contributed by atoms with Crippen LogP contribution in [0.25, 0.3) is 0 Å². The molecule has 1 heterocycles. The number of ketones is 1. The van der Waals surface area contributed by atoms with Gasteiger partial charge in [0.05, 0.1) is 6.04 Å². The SMILES string of the molecule is CN1NN(COc2ccc3c(c2)CCC2C3CC[C@]3(C)C(=O)CCC23)CC1c1ccccc1. The first-order valence-electron chi connectivity index (χ1n) is 12.6. The van der Waals surface area contributed by atoms with Crippen molar-refractivity contribution in [2.45, 2.75) is 57.4 Å². The lowest BCUT2D eigenvalue weighted by Crippen LogP contribution is -2.42. The van der Waals surface area contributed by atoms with Crippen LogP contribution < -0.4 is 10.3 Å². The Balaban J connectivity index is 1.12. The maximum atomic E-state index is 12.6. The number of rotatable bonds is 4. The van der Waals surface area contributed by atoms with Crippen molar-refractivity contribution in [1.29, 1.82) is 0 Å². The van der Waals surface area contributed by atoms with Gasteiger partial charge in [-0.1, -0.05) is 43.3 Å². The van der Waals surface area contributed by atoms with Gasteiger partial charge in [0.2, 0.25) is 0 Å². The van der Waals surface area contributed by atoms with Crippen LogP contribution in [0.1, 0.15) is 67.7 Å². The predicted octanol–water partition coefficient (Wildman–Crippen LogP) is 4.86. The van der Waals surface area contributed by atoms with Crippen LogP contribution in [0.3, 0.4) is 0 Å². The lowest BCUT2D eigenvalue weighted by Gasteiger charge is -2.48. The lowest BCUT2D eigenvalue weighted by atomic mass is 9.55. The second-order valence-electron chi connectivity index (χ2n) is 10.8. The van der Waals surface area contributed by atoms with Crippen LogP contribution in [0.5, 0.6) is 5.75 Å². The minimum atomic E-state index is -0.0464. The van der Waals surface area contributed by atoms with E-state index < -0.39 is 0 Å². The smallest absolute Gasteiger partial charge is 0.155 e. The van der Waals surface area contributed by atoms with Crippen molar-refractivity contribution in [3.8, 4) is 5.75 Å². The van der Waals surface area contributed by atoms with Crippen molar-refractivity contribution in [2.75, 3.05) is 20.3 Å². The van der Waals surface area contributed by atoms with Gasteiger partial charge in [-0.2, -0.15) is 10.5 Å². The van der Waals surface area contributed by atoms with E-state index in [1.54, 1.807) is 0 Å². The Morgan fingerprint density at radius 2 is 1.94 bits per heavy atom. The number of ether oxygens (including phenoxy) is 1. The summed E-state index contributed by atoms with van der Waals surface area (Å²) in [5.74, 6) is 3.36. The Labute approximate surface area is 197 Å². The van der Waals surface area contributed by atoms with E-state index in [9.17, 15) is 4.79 Å². The third-order valence-corrected chi connectivity index (χ3v) is 9.14. The monoisotopic (exact) mass is 445 g/mol. The van der Waals surface area contributed by atoms with E-state index in [0.717, 1.165) is 44.4 Å². The minimum absolute atomic E-state index is 0.0464. The van der Waals surface area contributed by atoms with Crippen molar-refractivity contribution in [3.05, 3.63) is 65.2 Å². The summed E-state index contributed by atoms with van der Waals surface area (Å²) < 4.78 is 6.22. The van der Waals surface area contributed by atoms with Crippen LogP contribution in [0, 0.1) is 17.3 Å². The predicted molar refractivity (Wildman–Crippen MR) is 128 cm³/mol. The first-order chi connectivity index (χ1) is 16.0. The largest absolute Gasteiger partial charge is 0.477 e. The molecule has 1 saturated heterocycles. The summed E-state index contributed by atoms with van der Waals surface area (Å²) in [6.07, 6.45) is 6.44. The number of nitrogens with one attached hydrogen (secondary N) is 1. The fourth-order valence-electron chi connectivity index (χ4n) is 7.32. The van der Waals surface area contributed by atoms with E-state index in [0.29, 0.717) is 36.3 Å². The summed E-state index contributed by atoms with van der Waals surface area (Å²) in [7, 11) is 2.08. The molecule has 6 rings (SSSR count). The standard InChI is InChI=1S/C28H35N3O2/c1-28-15-14-23-22-11-9-21(16-20(22)8-10-24(23)25(28)12-13-27(28)32)33-18-31-17-26(30(2)29-31)19-6-4-3-5-7-19/h3-7,9,11,16,23-26,29H,8,10,12-15,17-18H2,1-2H3/t23?,24?,25?,26?,28-/m0/s1. The van der Waals surface area contributed by atoms with Crippen molar-refractivity contribution in [2.24, 2.45) is 17.3 Å². The summed E-state index contributed by atoms with van der Waals surface area (Å²) in [5.41, 5.74) is 7.65. The van der Waals surface area contributed by atoms with Gasteiger partial charge < -0.3 is 4.74 Å². The number of nitrogens with zero attached hydrogens (tertiary/aromatic N) is 2. The molecule has 0 spiro atoms. The maximum Gasteiger partial charge on any atom is 0.155 e. The Morgan fingerprint density at radius 3 is 2.79 bits per heavy atom. The lowest BCUT2D eigenvalue weighted by molar-refractivity contribution is -0.129. The molecule has 3 aliphatic carbocycles. The minimum Gasteiger partial charge on any atom is -0.477 e. The van der Waals surface area contributed by atoms with E-state index in [-0.39, 0.29) is 5.41 Å². The Kier molecular flexibility index (Phi) is 5.32. The Hall–Kier alpha value is -2.21. The van der Waals surface area contributed by atoms with E-state index in [1.807, 2.05) is 0 Å². The first-order valence-corrected chi connectivity index (χ1v) is 12.6. The third kappa shape index (κ3) is 3.61. The highest BCUT2D eigenvalue weighted by Crippen LogP contribution is 2.59. The molecule has 1 N–H and O–H groups in total. The second-order valence-corrected chi connectivity index (χ2v) is 10.8. The highest BCUT2D eigenvalue weighted by atomic mass is 16.5. The van der Waals surface area contributed by atoms with E-state index >= 15 is 0 Å². The fourth-order valence-corrected chi connectivity index (χ4v) is 7.32. The zero-order valence-corrected chi connectivity index (χ0v) is 19.8. The molecule has 4 unspecified atom stereocenters. The molecule has 3 fully saturated rings. The van der Waals surface area contributed by atoms with Crippen LogP contribution in [0.2, 0.25) is 0 Å². The summed E-state index contributed by atoms with van der Waals surface area (Å²) >= 11 is 0. The Bertz CT molecular complexity index is 1040. The van der Waals surface area contributed by atoms with E-state index in [4.69, 9.17) is 4.74 Å². The van der Waals surface area contributed by atoms with Crippen LogP contribution in [0.4, 0.5) is 0 Å². The molecule has 5 heteroatoms. The number of carbonyl (C=O) groups is 1. The van der Waals surface area contributed by atoms with Crippen molar-refractivity contribution in [3.63, 3.8) is 0 Å². The number of carbonyl (C=O) groups excluding carboxylic acids is 1. The van der Waals surface area contributed by atoms with Crippen LogP contribution >= 0.6 is 0 Å². The van der Waals surface area contributed by atoms with Gasteiger partial charge in [-0.3, -0.25) is 4.79 Å². The van der Waals surface area contributed by atoms with Gasteiger partial charge in [-0.05, 0) is 78.7 Å². The fraction of sp³-hybridized carbons (Fsp3) is 0.536. The van der Waals surface area contributed by atoms with Crippen LogP contribution in [0.15, 0.2) is 48.5 Å². The van der Waals surface area contributed by atoms with Crippen LogP contribution in [-0.4, -0.2) is 36.1 Å². The van der Waals surface area contributed by atoms with Crippen molar-refractivity contribution < 1.29 is 9.53 Å². The quantitative estimate of drug-likeness (QED) is 0.728. The van der Waals surface area contributed by atoms with E-state index in [2.05, 4.69) is 78.1 Å². The normalized spacial score (nSPS) is 34.1. The highest BCUT2D eigenvalue weighted by molar-refractivity contribution is 5.87. The van der Waals surface area contributed by atoms with Gasteiger partial charge in [-0.25, -0.2) is 5.01 Å². The van der Waals surface area contributed by atoms with Gasteiger partial charge >= 0.3 is 0 Å². The molecular formula is C28H35N3O2. The van der Waals surface area contributed by atoms with Gasteiger partial charge in [0.1, 0.15) is 11.5 Å². The molecule has 0 amide bonds. The number of hydrazine groups is 2. The number of aryl methyl sites for hydroxylation is 1. The maximum absolute atomic E-state index is 12.6. The van der Waals surface area contributed by atoms with E-state index in [1.165, 1.54) is 23.1 Å². The first kappa shape index (κ1) is 21.3. The average Bonchev–Trinajstić information content (AvgIpc) is 3.36.